The molecule has 94 valence electrons. The Morgan fingerprint density at radius 3 is 2.67 bits per heavy atom. The van der Waals surface area contributed by atoms with Crippen LogP contribution in [0.1, 0.15) is 11.1 Å². The number of nitrogens with two attached hydrogens (primary N) is 1. The third kappa shape index (κ3) is 3.18. The van der Waals surface area contributed by atoms with Gasteiger partial charge < -0.3 is 5.73 Å². The Bertz CT molecular complexity index is 520. The number of rotatable bonds is 3. The van der Waals surface area contributed by atoms with Crippen molar-refractivity contribution in [2.45, 2.75) is 17.6 Å². The zero-order chi connectivity index (χ0) is 13.1. The largest absolute Gasteiger partial charge is 0.399 e. The maximum atomic E-state index is 13.0. The average molecular weight is 282 g/mol. The first kappa shape index (κ1) is 13.2. The van der Waals surface area contributed by atoms with Crippen LogP contribution in [-0.2, 0) is 5.75 Å². The van der Waals surface area contributed by atoms with Gasteiger partial charge in [0, 0.05) is 16.3 Å². The summed E-state index contributed by atoms with van der Waals surface area (Å²) in [6.07, 6.45) is 0. The van der Waals surface area contributed by atoms with E-state index in [0.717, 1.165) is 27.5 Å². The molecule has 2 aromatic carbocycles. The fourth-order valence-electron chi connectivity index (χ4n) is 1.53. The number of nitrogen functional groups attached to an aromatic ring is 1. The number of hydrogen-bond donors (Lipinski definition) is 1. The van der Waals surface area contributed by atoms with Gasteiger partial charge in [0.1, 0.15) is 5.82 Å². The molecule has 0 unspecified atom stereocenters. The van der Waals surface area contributed by atoms with Crippen molar-refractivity contribution in [3.63, 3.8) is 0 Å². The van der Waals surface area contributed by atoms with E-state index >= 15 is 0 Å². The fourth-order valence-corrected chi connectivity index (χ4v) is 2.67. The summed E-state index contributed by atoms with van der Waals surface area (Å²) in [6.45, 7) is 1.98. The molecular formula is C14H13ClFNS. The number of aryl methyl sites for hydroxylation is 1. The molecule has 0 amide bonds. The van der Waals surface area contributed by atoms with E-state index in [4.69, 9.17) is 17.3 Å². The molecule has 0 spiro atoms. The number of thioether (sulfide) groups is 1. The Balaban J connectivity index is 2.06. The van der Waals surface area contributed by atoms with Crippen LogP contribution in [0.3, 0.4) is 0 Å². The molecule has 1 nitrogen and oxygen atoms in total. The second-order valence-corrected chi connectivity index (χ2v) is 5.51. The molecule has 0 aliphatic carbocycles. The number of hydrogen-bond acceptors (Lipinski definition) is 2. The van der Waals surface area contributed by atoms with Gasteiger partial charge in [-0.25, -0.2) is 4.39 Å². The number of benzene rings is 2. The van der Waals surface area contributed by atoms with Crippen LogP contribution >= 0.6 is 23.4 Å². The van der Waals surface area contributed by atoms with Gasteiger partial charge in [-0.1, -0.05) is 17.7 Å². The maximum absolute atomic E-state index is 13.0. The maximum Gasteiger partial charge on any atom is 0.141 e. The summed E-state index contributed by atoms with van der Waals surface area (Å²) in [6, 6.07) is 10.7. The van der Waals surface area contributed by atoms with Crippen LogP contribution in [0.5, 0.6) is 0 Å². The quantitative estimate of drug-likeness (QED) is 0.654. The Labute approximate surface area is 115 Å². The lowest BCUT2D eigenvalue weighted by Crippen LogP contribution is -1.89. The van der Waals surface area contributed by atoms with Crippen molar-refractivity contribution in [1.29, 1.82) is 0 Å². The first-order chi connectivity index (χ1) is 8.56. The molecule has 2 N–H and O–H groups in total. The topological polar surface area (TPSA) is 26.0 Å². The van der Waals surface area contributed by atoms with Crippen LogP contribution in [-0.4, -0.2) is 0 Å². The van der Waals surface area contributed by atoms with Gasteiger partial charge in [0.05, 0.1) is 5.02 Å². The Kier molecular flexibility index (Phi) is 4.15. The van der Waals surface area contributed by atoms with Crippen LogP contribution in [0.2, 0.25) is 5.02 Å². The lowest BCUT2D eigenvalue weighted by atomic mass is 10.2. The third-order valence-electron chi connectivity index (χ3n) is 2.63. The van der Waals surface area contributed by atoms with Gasteiger partial charge in [-0.15, -0.1) is 11.8 Å². The smallest absolute Gasteiger partial charge is 0.141 e. The van der Waals surface area contributed by atoms with Crippen LogP contribution in [0.25, 0.3) is 0 Å². The summed E-state index contributed by atoms with van der Waals surface area (Å²) < 4.78 is 13.0. The molecule has 2 rings (SSSR count). The molecule has 0 aliphatic heterocycles. The van der Waals surface area contributed by atoms with Crippen molar-refractivity contribution in [3.05, 3.63) is 58.4 Å². The molecule has 0 bridgehead atoms. The van der Waals surface area contributed by atoms with Crippen molar-refractivity contribution >= 4 is 29.1 Å². The Hall–Kier alpha value is -1.19. The summed E-state index contributed by atoms with van der Waals surface area (Å²) in [5.41, 5.74) is 8.63. The molecule has 0 aromatic heterocycles. The second kappa shape index (κ2) is 5.63. The summed E-state index contributed by atoms with van der Waals surface area (Å²) in [7, 11) is 0. The van der Waals surface area contributed by atoms with E-state index < -0.39 is 0 Å². The van der Waals surface area contributed by atoms with Crippen molar-refractivity contribution in [2.75, 3.05) is 5.73 Å². The normalized spacial score (nSPS) is 10.6. The van der Waals surface area contributed by atoms with Gasteiger partial charge >= 0.3 is 0 Å². The highest BCUT2D eigenvalue weighted by molar-refractivity contribution is 7.98. The summed E-state index contributed by atoms with van der Waals surface area (Å²) >= 11 is 7.42. The molecule has 18 heavy (non-hydrogen) atoms. The fraction of sp³-hybridized carbons (Fsp3) is 0.143. The Morgan fingerprint density at radius 1 is 1.22 bits per heavy atom. The van der Waals surface area contributed by atoms with E-state index in [9.17, 15) is 4.39 Å². The van der Waals surface area contributed by atoms with Crippen LogP contribution < -0.4 is 5.73 Å². The molecule has 4 heteroatoms. The minimum atomic E-state index is -0.381. The molecule has 0 saturated heterocycles. The summed E-state index contributed by atoms with van der Waals surface area (Å²) in [5.74, 6) is 0.373. The van der Waals surface area contributed by atoms with E-state index in [1.54, 1.807) is 23.9 Å². The average Bonchev–Trinajstić information content (AvgIpc) is 2.35. The first-order valence-corrected chi connectivity index (χ1v) is 6.85. The zero-order valence-corrected chi connectivity index (χ0v) is 11.5. The van der Waals surface area contributed by atoms with Crippen LogP contribution in [0.15, 0.2) is 41.3 Å². The lowest BCUT2D eigenvalue weighted by molar-refractivity contribution is 0.628. The molecule has 0 fully saturated rings. The molecule has 0 atom stereocenters. The van der Waals surface area contributed by atoms with Gasteiger partial charge in [-0.3, -0.25) is 0 Å². The highest BCUT2D eigenvalue weighted by Gasteiger charge is 2.02. The standard InChI is InChI=1S/C14H13ClFNS/c1-9-6-11(3-5-14(9)17)18-8-10-2-4-13(16)12(15)7-10/h2-7H,8,17H2,1H3. The van der Waals surface area contributed by atoms with E-state index in [2.05, 4.69) is 0 Å². The van der Waals surface area contributed by atoms with Gasteiger partial charge in [0.2, 0.25) is 0 Å². The third-order valence-corrected chi connectivity index (χ3v) is 3.99. The van der Waals surface area contributed by atoms with Crippen LogP contribution in [0.4, 0.5) is 10.1 Å². The first-order valence-electron chi connectivity index (χ1n) is 5.49. The van der Waals surface area contributed by atoms with Crippen LogP contribution in [0, 0.1) is 12.7 Å². The number of anilines is 1. The highest BCUT2D eigenvalue weighted by Crippen LogP contribution is 2.27. The molecule has 0 saturated carbocycles. The van der Waals surface area contributed by atoms with E-state index in [-0.39, 0.29) is 10.8 Å². The van der Waals surface area contributed by atoms with Gasteiger partial charge in [0.15, 0.2) is 0 Å². The van der Waals surface area contributed by atoms with Crippen molar-refractivity contribution in [1.82, 2.24) is 0 Å². The molecule has 0 heterocycles. The van der Waals surface area contributed by atoms with Gasteiger partial charge in [-0.2, -0.15) is 0 Å². The van der Waals surface area contributed by atoms with E-state index in [1.807, 2.05) is 25.1 Å². The minimum Gasteiger partial charge on any atom is -0.399 e. The van der Waals surface area contributed by atoms with Crippen molar-refractivity contribution < 1.29 is 4.39 Å². The monoisotopic (exact) mass is 281 g/mol. The molecule has 0 radical (unpaired) electrons. The zero-order valence-electron chi connectivity index (χ0n) is 9.91. The SMILES string of the molecule is Cc1cc(SCc2ccc(F)c(Cl)c2)ccc1N. The van der Waals surface area contributed by atoms with Gasteiger partial charge in [0.25, 0.3) is 0 Å². The van der Waals surface area contributed by atoms with Gasteiger partial charge in [-0.05, 0) is 48.4 Å². The Morgan fingerprint density at radius 2 is 2.00 bits per heavy atom. The highest BCUT2D eigenvalue weighted by atomic mass is 35.5. The van der Waals surface area contributed by atoms with Crippen molar-refractivity contribution in [2.24, 2.45) is 0 Å². The number of halogens is 2. The van der Waals surface area contributed by atoms with E-state index in [0.29, 0.717) is 0 Å². The summed E-state index contributed by atoms with van der Waals surface area (Å²) in [5, 5.41) is 0.168. The predicted octanol–water partition coefficient (Wildman–Crippen LogP) is 4.66. The predicted molar refractivity (Wildman–Crippen MR) is 76.6 cm³/mol. The second-order valence-electron chi connectivity index (χ2n) is 4.06. The minimum absolute atomic E-state index is 0.168. The molecule has 2 aromatic rings. The summed E-state index contributed by atoms with van der Waals surface area (Å²) in [4.78, 5) is 1.14. The van der Waals surface area contributed by atoms with Crippen molar-refractivity contribution in [3.8, 4) is 0 Å². The van der Waals surface area contributed by atoms with E-state index in [1.165, 1.54) is 6.07 Å². The molecule has 0 aliphatic rings. The lowest BCUT2D eigenvalue weighted by Gasteiger charge is -2.06. The molecular weight excluding hydrogens is 269 g/mol.